The van der Waals surface area contributed by atoms with Gasteiger partial charge in [-0.15, -0.1) is 0 Å². The van der Waals surface area contributed by atoms with Crippen LogP contribution in [-0.2, 0) is 14.6 Å². The molecule has 0 bridgehead atoms. The van der Waals surface area contributed by atoms with Crippen molar-refractivity contribution in [2.24, 2.45) is 5.92 Å². The third-order valence-corrected chi connectivity index (χ3v) is 7.00. The quantitative estimate of drug-likeness (QED) is 0.727. The molecular formula is C21H21FN2O3S. The first-order valence-electron chi connectivity index (χ1n) is 9.06. The third kappa shape index (κ3) is 4.39. The standard InChI is InChI=1S/C21H21FN2O3S/c1-15(25)24-11-9-16(10-12-24)14-28(26,27)19-7-8-20(21(22)13-19)17-3-5-18(23-2)6-4-17/h3-8,13,16H,9-12,14H2,1H3. The van der Waals surface area contributed by atoms with Crippen molar-refractivity contribution in [2.75, 3.05) is 18.8 Å². The molecule has 28 heavy (non-hydrogen) atoms. The number of likely N-dealkylation sites (tertiary alicyclic amines) is 1. The van der Waals surface area contributed by atoms with Gasteiger partial charge >= 0.3 is 0 Å². The molecule has 5 nitrogen and oxygen atoms in total. The molecule has 0 unspecified atom stereocenters. The van der Waals surface area contributed by atoms with E-state index in [0.717, 1.165) is 6.07 Å². The molecule has 1 amide bonds. The van der Waals surface area contributed by atoms with Gasteiger partial charge in [-0.2, -0.15) is 0 Å². The first kappa shape index (κ1) is 20.0. The van der Waals surface area contributed by atoms with Crippen LogP contribution in [0.5, 0.6) is 0 Å². The summed E-state index contributed by atoms with van der Waals surface area (Å²) in [6, 6.07) is 10.4. The van der Waals surface area contributed by atoms with Crippen molar-refractivity contribution in [3.63, 3.8) is 0 Å². The van der Waals surface area contributed by atoms with Crippen LogP contribution in [0.2, 0.25) is 0 Å². The van der Waals surface area contributed by atoms with Gasteiger partial charge in [0.2, 0.25) is 5.91 Å². The highest BCUT2D eigenvalue weighted by molar-refractivity contribution is 7.91. The molecule has 0 atom stereocenters. The number of carbonyl (C=O) groups excluding carboxylic acids is 1. The Morgan fingerprint density at radius 1 is 1.18 bits per heavy atom. The normalized spacial score (nSPS) is 15.2. The summed E-state index contributed by atoms with van der Waals surface area (Å²) < 4.78 is 40.0. The van der Waals surface area contributed by atoms with E-state index in [2.05, 4.69) is 4.85 Å². The van der Waals surface area contributed by atoms with E-state index in [1.54, 1.807) is 29.2 Å². The van der Waals surface area contributed by atoms with Crippen LogP contribution in [0.15, 0.2) is 47.4 Å². The molecule has 3 rings (SSSR count). The zero-order valence-electron chi connectivity index (χ0n) is 15.6. The summed E-state index contributed by atoms with van der Waals surface area (Å²) in [6.45, 7) is 9.59. The molecule has 1 fully saturated rings. The minimum absolute atomic E-state index is 0.00315. The van der Waals surface area contributed by atoms with Crippen LogP contribution in [0.4, 0.5) is 10.1 Å². The Kier molecular flexibility index (Phi) is 5.80. The predicted molar refractivity (Wildman–Crippen MR) is 105 cm³/mol. The van der Waals surface area contributed by atoms with Crippen molar-refractivity contribution >= 4 is 21.4 Å². The Morgan fingerprint density at radius 3 is 2.36 bits per heavy atom. The maximum atomic E-state index is 14.6. The van der Waals surface area contributed by atoms with E-state index in [4.69, 9.17) is 6.57 Å². The second kappa shape index (κ2) is 8.11. The Hall–Kier alpha value is -2.72. The SMILES string of the molecule is [C-]#[N+]c1ccc(-c2ccc(S(=O)(=O)CC3CCN(C(C)=O)CC3)cc2F)cc1. The van der Waals surface area contributed by atoms with Crippen molar-refractivity contribution in [3.8, 4) is 11.1 Å². The molecule has 0 aliphatic carbocycles. The second-order valence-corrected chi connectivity index (χ2v) is 9.07. The summed E-state index contributed by atoms with van der Waals surface area (Å²) >= 11 is 0. The zero-order valence-corrected chi connectivity index (χ0v) is 16.4. The number of hydrogen-bond donors (Lipinski definition) is 0. The molecule has 1 saturated heterocycles. The van der Waals surface area contributed by atoms with E-state index >= 15 is 0 Å². The minimum atomic E-state index is -3.61. The van der Waals surface area contributed by atoms with Gasteiger partial charge in [-0.05, 0) is 36.5 Å². The van der Waals surface area contributed by atoms with E-state index in [9.17, 15) is 17.6 Å². The number of halogens is 1. The largest absolute Gasteiger partial charge is 0.343 e. The lowest BCUT2D eigenvalue weighted by molar-refractivity contribution is -0.130. The van der Waals surface area contributed by atoms with Gasteiger partial charge in [-0.3, -0.25) is 4.79 Å². The molecule has 2 aromatic carbocycles. The van der Waals surface area contributed by atoms with Crippen molar-refractivity contribution < 1.29 is 17.6 Å². The summed E-state index contributed by atoms with van der Waals surface area (Å²) in [6.07, 6.45) is 1.26. The van der Waals surface area contributed by atoms with Gasteiger partial charge in [0.1, 0.15) is 5.82 Å². The van der Waals surface area contributed by atoms with Gasteiger partial charge in [0.05, 0.1) is 17.2 Å². The molecule has 1 heterocycles. The van der Waals surface area contributed by atoms with E-state index in [1.807, 2.05) is 0 Å². The Balaban J connectivity index is 1.75. The number of amides is 1. The van der Waals surface area contributed by atoms with Crippen molar-refractivity contribution in [1.29, 1.82) is 0 Å². The van der Waals surface area contributed by atoms with E-state index in [1.165, 1.54) is 19.1 Å². The van der Waals surface area contributed by atoms with Crippen molar-refractivity contribution in [2.45, 2.75) is 24.7 Å². The molecule has 0 N–H and O–H groups in total. The number of carbonyl (C=O) groups is 1. The van der Waals surface area contributed by atoms with Crippen LogP contribution >= 0.6 is 0 Å². The zero-order chi connectivity index (χ0) is 20.3. The van der Waals surface area contributed by atoms with Crippen LogP contribution in [0.25, 0.3) is 16.0 Å². The lowest BCUT2D eigenvalue weighted by Crippen LogP contribution is -2.38. The molecule has 2 aromatic rings. The number of sulfone groups is 1. The van der Waals surface area contributed by atoms with Gasteiger partial charge in [-0.25, -0.2) is 17.7 Å². The smallest absolute Gasteiger partial charge is 0.219 e. The van der Waals surface area contributed by atoms with Gasteiger partial charge < -0.3 is 4.90 Å². The maximum Gasteiger partial charge on any atom is 0.219 e. The highest BCUT2D eigenvalue weighted by Crippen LogP contribution is 2.29. The summed E-state index contributed by atoms with van der Waals surface area (Å²) in [5.74, 6) is -0.687. The first-order valence-corrected chi connectivity index (χ1v) is 10.7. The Labute approximate surface area is 164 Å². The highest BCUT2D eigenvalue weighted by Gasteiger charge is 2.27. The Bertz CT molecular complexity index is 1020. The van der Waals surface area contributed by atoms with Gasteiger partial charge in [0.25, 0.3) is 0 Å². The third-order valence-electron chi connectivity index (χ3n) is 5.12. The fourth-order valence-corrected chi connectivity index (χ4v) is 5.16. The summed E-state index contributed by atoms with van der Waals surface area (Å²) in [5.41, 5.74) is 1.34. The van der Waals surface area contributed by atoms with Gasteiger partial charge in [0, 0.05) is 25.6 Å². The monoisotopic (exact) mass is 400 g/mol. The number of benzene rings is 2. The predicted octanol–water partition coefficient (Wildman–Crippen LogP) is 4.08. The van der Waals surface area contributed by atoms with Crippen LogP contribution in [0, 0.1) is 18.3 Å². The molecule has 0 saturated carbocycles. The molecule has 1 aliphatic rings. The fraction of sp³-hybridized carbons (Fsp3) is 0.333. The summed E-state index contributed by atoms with van der Waals surface area (Å²) in [7, 11) is -3.61. The van der Waals surface area contributed by atoms with E-state index in [0.29, 0.717) is 42.7 Å². The molecule has 0 radical (unpaired) electrons. The topological polar surface area (TPSA) is 58.8 Å². The molecule has 146 valence electrons. The number of hydrogen-bond acceptors (Lipinski definition) is 3. The number of piperidine rings is 1. The number of rotatable bonds is 4. The molecular weight excluding hydrogens is 379 g/mol. The summed E-state index contributed by atoms with van der Waals surface area (Å²) in [4.78, 5) is 16.4. The van der Waals surface area contributed by atoms with Gasteiger partial charge in [0.15, 0.2) is 15.5 Å². The molecule has 1 aliphatic heterocycles. The average Bonchev–Trinajstić information content (AvgIpc) is 2.68. The van der Waals surface area contributed by atoms with Crippen LogP contribution in [0.3, 0.4) is 0 Å². The maximum absolute atomic E-state index is 14.6. The van der Waals surface area contributed by atoms with Crippen molar-refractivity contribution in [1.82, 2.24) is 4.90 Å². The average molecular weight is 400 g/mol. The molecule has 0 spiro atoms. The number of nitrogens with zero attached hydrogens (tertiary/aromatic N) is 2. The van der Waals surface area contributed by atoms with E-state index < -0.39 is 15.7 Å². The van der Waals surface area contributed by atoms with Gasteiger partial charge in [-0.1, -0.05) is 30.3 Å². The second-order valence-electron chi connectivity index (χ2n) is 7.03. The van der Waals surface area contributed by atoms with Crippen molar-refractivity contribution in [3.05, 3.63) is 59.7 Å². The highest BCUT2D eigenvalue weighted by atomic mass is 32.2. The molecule has 7 heteroatoms. The van der Waals surface area contributed by atoms with Crippen LogP contribution in [0.1, 0.15) is 19.8 Å². The minimum Gasteiger partial charge on any atom is -0.343 e. The van der Waals surface area contributed by atoms with E-state index in [-0.39, 0.29) is 22.5 Å². The Morgan fingerprint density at radius 2 is 1.82 bits per heavy atom. The molecule has 0 aromatic heterocycles. The fourth-order valence-electron chi connectivity index (χ4n) is 3.46. The first-order chi connectivity index (χ1) is 13.3. The lowest BCUT2D eigenvalue weighted by atomic mass is 9.99. The van der Waals surface area contributed by atoms with Crippen LogP contribution < -0.4 is 0 Å². The lowest BCUT2D eigenvalue weighted by Gasteiger charge is -2.31. The van der Waals surface area contributed by atoms with Crippen LogP contribution in [-0.4, -0.2) is 38.1 Å². The summed E-state index contributed by atoms with van der Waals surface area (Å²) in [5, 5.41) is 0.